The number of allylic oxidation sites excluding steroid dienone is 2. The van der Waals surface area contributed by atoms with Crippen molar-refractivity contribution in [3.8, 4) is 5.75 Å². The van der Waals surface area contributed by atoms with E-state index in [2.05, 4.69) is 5.32 Å². The van der Waals surface area contributed by atoms with Crippen molar-refractivity contribution < 1.29 is 28.5 Å². The third kappa shape index (κ3) is 4.86. The van der Waals surface area contributed by atoms with Crippen LogP contribution in [0.4, 0.5) is 8.78 Å². The number of aryl methyl sites for hydroxylation is 1. The summed E-state index contributed by atoms with van der Waals surface area (Å²) in [5, 5.41) is 24.0. The molecule has 7 heteroatoms. The first-order valence-corrected chi connectivity index (χ1v) is 10.2. The fraction of sp³-hybridized carbons (Fsp3) is 0.545. The molecule has 29 heavy (non-hydrogen) atoms. The molecule has 0 spiro atoms. The monoisotopic (exact) mass is 407 g/mol. The van der Waals surface area contributed by atoms with Crippen molar-refractivity contribution in [2.75, 3.05) is 13.1 Å². The average Bonchev–Trinajstić information content (AvgIpc) is 2.72. The van der Waals surface area contributed by atoms with E-state index in [9.17, 15) is 19.0 Å². The van der Waals surface area contributed by atoms with Crippen LogP contribution in [0.5, 0.6) is 5.75 Å². The smallest absolute Gasteiger partial charge is 0.126 e. The minimum Gasteiger partial charge on any atom is -0.487 e. The minimum atomic E-state index is -0.744. The number of hydrogen-bond donors (Lipinski definition) is 3. The lowest BCUT2D eigenvalue weighted by Gasteiger charge is -2.37. The van der Waals surface area contributed by atoms with Crippen molar-refractivity contribution in [2.24, 2.45) is 5.92 Å². The topological polar surface area (TPSA) is 71.0 Å². The van der Waals surface area contributed by atoms with E-state index in [1.807, 2.05) is 0 Å². The molecule has 1 saturated heterocycles. The van der Waals surface area contributed by atoms with Crippen molar-refractivity contribution in [1.29, 1.82) is 0 Å². The maximum Gasteiger partial charge on any atom is 0.126 e. The Morgan fingerprint density at radius 2 is 1.86 bits per heavy atom. The van der Waals surface area contributed by atoms with Gasteiger partial charge >= 0.3 is 0 Å². The van der Waals surface area contributed by atoms with Gasteiger partial charge in [0.05, 0.1) is 18.3 Å². The Hall–Kier alpha value is -1.80. The average molecular weight is 407 g/mol. The Bertz CT molecular complexity index is 784. The van der Waals surface area contributed by atoms with Crippen LogP contribution in [0.1, 0.15) is 24.8 Å². The largest absolute Gasteiger partial charge is 0.487 e. The summed E-state index contributed by atoms with van der Waals surface area (Å²) in [4.78, 5) is 0. The van der Waals surface area contributed by atoms with Gasteiger partial charge in [-0.3, -0.25) is 0 Å². The van der Waals surface area contributed by atoms with Crippen molar-refractivity contribution in [3.05, 3.63) is 53.6 Å². The lowest BCUT2D eigenvalue weighted by Crippen LogP contribution is -2.47. The Balaban J connectivity index is 1.21. The Labute approximate surface area is 169 Å². The molecule has 0 radical (unpaired) electrons. The first-order valence-electron chi connectivity index (χ1n) is 10.2. The van der Waals surface area contributed by atoms with E-state index in [1.54, 1.807) is 18.2 Å². The van der Waals surface area contributed by atoms with Gasteiger partial charge in [-0.2, -0.15) is 0 Å². The molecule has 0 amide bonds. The van der Waals surface area contributed by atoms with Crippen LogP contribution in [0.15, 0.2) is 42.3 Å². The number of aliphatic hydroxyl groups excluding tert-OH is 2. The molecule has 3 N–H and O–H groups in total. The highest BCUT2D eigenvalue weighted by molar-refractivity contribution is 5.36. The van der Waals surface area contributed by atoms with E-state index < -0.39 is 12.2 Å². The van der Waals surface area contributed by atoms with Gasteiger partial charge < -0.3 is 25.0 Å². The summed E-state index contributed by atoms with van der Waals surface area (Å²) in [7, 11) is 0. The molecule has 1 aromatic carbocycles. The lowest BCUT2D eigenvalue weighted by atomic mass is 9.87. The predicted octanol–water partition coefficient (Wildman–Crippen LogP) is 2.42. The van der Waals surface area contributed by atoms with Crippen molar-refractivity contribution >= 4 is 0 Å². The Morgan fingerprint density at radius 3 is 2.69 bits per heavy atom. The summed E-state index contributed by atoms with van der Waals surface area (Å²) < 4.78 is 38.3. The van der Waals surface area contributed by atoms with E-state index in [-0.39, 0.29) is 49.0 Å². The Morgan fingerprint density at radius 1 is 1.07 bits per heavy atom. The fourth-order valence-corrected chi connectivity index (χ4v) is 4.28. The number of fused-ring (bicyclic) bond motifs is 2. The molecule has 3 aliphatic rings. The minimum absolute atomic E-state index is 0.0260. The first-order chi connectivity index (χ1) is 14.0. The number of rotatable bonds is 6. The van der Waals surface area contributed by atoms with Crippen molar-refractivity contribution in [3.63, 3.8) is 0 Å². The molecule has 2 unspecified atom stereocenters. The normalized spacial score (nSPS) is 30.6. The van der Waals surface area contributed by atoms with Crippen LogP contribution in [-0.2, 0) is 11.2 Å². The molecule has 1 fully saturated rings. The first kappa shape index (κ1) is 20.5. The molecule has 1 aliphatic carbocycles. The van der Waals surface area contributed by atoms with E-state index in [0.29, 0.717) is 25.0 Å². The second-order valence-electron chi connectivity index (χ2n) is 8.03. The van der Waals surface area contributed by atoms with Crippen LogP contribution in [-0.4, -0.2) is 53.8 Å². The van der Waals surface area contributed by atoms with Gasteiger partial charge in [0.1, 0.15) is 29.6 Å². The Kier molecular flexibility index (Phi) is 6.29. The summed E-state index contributed by atoms with van der Waals surface area (Å²) >= 11 is 0. The third-order valence-corrected chi connectivity index (χ3v) is 5.92. The fourth-order valence-electron chi connectivity index (χ4n) is 4.28. The molecule has 4 rings (SSSR count). The summed E-state index contributed by atoms with van der Waals surface area (Å²) in [5.74, 6) is 0.112. The number of halogens is 2. The van der Waals surface area contributed by atoms with Crippen LogP contribution in [0.3, 0.4) is 0 Å². The molecule has 2 heterocycles. The molecule has 158 valence electrons. The van der Waals surface area contributed by atoms with Crippen LogP contribution in [0, 0.1) is 11.7 Å². The van der Waals surface area contributed by atoms with Gasteiger partial charge in [0.15, 0.2) is 0 Å². The summed E-state index contributed by atoms with van der Waals surface area (Å²) in [5.41, 5.74) is 0.816. The molecule has 1 aromatic rings. The van der Waals surface area contributed by atoms with Gasteiger partial charge in [-0.25, -0.2) is 8.78 Å². The van der Waals surface area contributed by atoms with Crippen molar-refractivity contribution in [1.82, 2.24) is 5.32 Å². The van der Waals surface area contributed by atoms with Gasteiger partial charge in [-0.05, 0) is 61.6 Å². The molecule has 5 nitrogen and oxygen atoms in total. The maximum atomic E-state index is 13.3. The highest BCUT2D eigenvalue weighted by Crippen LogP contribution is 2.32. The quantitative estimate of drug-likeness (QED) is 0.676. The van der Waals surface area contributed by atoms with E-state index >= 15 is 0 Å². The summed E-state index contributed by atoms with van der Waals surface area (Å²) in [6, 6.07) is 4.41. The molecule has 2 aliphatic heterocycles. The van der Waals surface area contributed by atoms with Crippen LogP contribution >= 0.6 is 0 Å². The van der Waals surface area contributed by atoms with Gasteiger partial charge in [-0.15, -0.1) is 0 Å². The zero-order valence-electron chi connectivity index (χ0n) is 16.1. The maximum absolute atomic E-state index is 13.3. The van der Waals surface area contributed by atoms with E-state index in [4.69, 9.17) is 9.47 Å². The highest BCUT2D eigenvalue weighted by Gasteiger charge is 2.34. The standard InChI is InChI=1S/C22H27F2NO4/c23-15-3-7-19-13(9-15)1-5-21(28-19)17(26)11-25-12-18(27)22-6-2-14-10-16(24)4-8-20(14)29-22/h3-4,7-10,13,17-19,21-22,25-27H,1-2,5-6,11-12H2/t13?,17-,18-,19?,21-,22+/m1/s1. The number of ether oxygens (including phenoxy) is 2. The number of hydrogen-bond acceptors (Lipinski definition) is 5. The second-order valence-corrected chi connectivity index (χ2v) is 8.03. The summed E-state index contributed by atoms with van der Waals surface area (Å²) in [6.45, 7) is 0.548. The zero-order valence-corrected chi connectivity index (χ0v) is 16.1. The number of benzene rings is 1. The van der Waals surface area contributed by atoms with E-state index in [1.165, 1.54) is 18.2 Å². The number of aliphatic hydroxyl groups is 2. The second kappa shape index (κ2) is 8.92. The molecule has 0 bridgehead atoms. The molecular formula is C22H27F2NO4. The zero-order chi connectivity index (χ0) is 20.4. The van der Waals surface area contributed by atoms with Crippen LogP contribution < -0.4 is 10.1 Å². The molecule has 0 saturated carbocycles. The summed E-state index contributed by atoms with van der Waals surface area (Å²) in [6.07, 6.45) is 5.01. The predicted molar refractivity (Wildman–Crippen MR) is 104 cm³/mol. The molecule has 0 aromatic heterocycles. The molecule has 6 atom stereocenters. The highest BCUT2D eigenvalue weighted by atomic mass is 19.1. The molecular weight excluding hydrogens is 380 g/mol. The SMILES string of the molecule is O[C@H](CNC[C@@H](O)[C@H]1CCC2C=C(F)C=CC2O1)[C@@H]1CCc2cc(F)ccc2O1. The van der Waals surface area contributed by atoms with Gasteiger partial charge in [0.25, 0.3) is 0 Å². The van der Waals surface area contributed by atoms with Gasteiger partial charge in [0.2, 0.25) is 0 Å². The number of nitrogens with one attached hydrogen (secondary N) is 1. The third-order valence-electron chi connectivity index (χ3n) is 5.92. The van der Waals surface area contributed by atoms with E-state index in [0.717, 1.165) is 12.0 Å². The van der Waals surface area contributed by atoms with Gasteiger partial charge in [-0.1, -0.05) is 6.08 Å². The van der Waals surface area contributed by atoms with Crippen LogP contribution in [0.25, 0.3) is 0 Å². The van der Waals surface area contributed by atoms with Gasteiger partial charge in [0, 0.05) is 19.0 Å². The van der Waals surface area contributed by atoms with Crippen LogP contribution in [0.2, 0.25) is 0 Å². The van der Waals surface area contributed by atoms with Crippen molar-refractivity contribution in [2.45, 2.75) is 56.2 Å². The lowest BCUT2D eigenvalue weighted by molar-refractivity contribution is -0.103.